The van der Waals surface area contributed by atoms with Gasteiger partial charge >= 0.3 is 0 Å². The van der Waals surface area contributed by atoms with Crippen molar-refractivity contribution in [2.45, 2.75) is 50.9 Å². The minimum Gasteiger partial charge on any atom is -0.373 e. The molecule has 2 aliphatic heterocycles. The molecule has 19 heavy (non-hydrogen) atoms. The number of ether oxygens (including phenoxy) is 1. The Labute approximate surface area is 118 Å². The zero-order valence-corrected chi connectivity index (χ0v) is 12.8. The summed E-state index contributed by atoms with van der Waals surface area (Å²) in [5.41, 5.74) is 6.36. The summed E-state index contributed by atoms with van der Waals surface area (Å²) in [6, 6.07) is 0.176. The molecule has 4 heteroatoms. The van der Waals surface area contributed by atoms with Crippen molar-refractivity contribution in [3.8, 4) is 0 Å². The van der Waals surface area contributed by atoms with Crippen molar-refractivity contribution in [1.29, 1.82) is 0 Å². The molecule has 3 atom stereocenters. The third kappa shape index (κ3) is 4.15. The fourth-order valence-corrected chi connectivity index (χ4v) is 3.57. The smallest absolute Gasteiger partial charge is 0.0782 e. The van der Waals surface area contributed by atoms with Gasteiger partial charge in [-0.3, -0.25) is 0 Å². The summed E-state index contributed by atoms with van der Waals surface area (Å²) >= 11 is 0. The Kier molecular flexibility index (Phi) is 5.63. The predicted octanol–water partition coefficient (Wildman–Crippen LogP) is 1.15. The van der Waals surface area contributed by atoms with Crippen LogP contribution < -0.4 is 5.73 Å². The monoisotopic (exact) mass is 269 g/mol. The summed E-state index contributed by atoms with van der Waals surface area (Å²) in [6.45, 7) is 6.68. The highest BCUT2D eigenvalue weighted by molar-refractivity contribution is 4.90. The Morgan fingerprint density at radius 3 is 2.42 bits per heavy atom. The second kappa shape index (κ2) is 7.02. The molecular formula is C15H31N3O. The molecule has 112 valence electrons. The average molecular weight is 269 g/mol. The molecule has 0 bridgehead atoms. The first-order chi connectivity index (χ1) is 9.10. The van der Waals surface area contributed by atoms with Crippen molar-refractivity contribution in [3.05, 3.63) is 0 Å². The number of nitrogens with two attached hydrogens (primary N) is 1. The van der Waals surface area contributed by atoms with E-state index in [1.807, 2.05) is 0 Å². The van der Waals surface area contributed by atoms with Gasteiger partial charge in [0.15, 0.2) is 0 Å². The zero-order valence-electron chi connectivity index (χ0n) is 12.8. The van der Waals surface area contributed by atoms with Gasteiger partial charge in [0.2, 0.25) is 0 Å². The predicted molar refractivity (Wildman–Crippen MR) is 79.3 cm³/mol. The normalized spacial score (nSPS) is 35.7. The van der Waals surface area contributed by atoms with Crippen LogP contribution in [0.2, 0.25) is 0 Å². The first-order valence-electron chi connectivity index (χ1n) is 7.88. The van der Waals surface area contributed by atoms with E-state index in [1.54, 1.807) is 0 Å². The van der Waals surface area contributed by atoms with Crippen LogP contribution in [-0.2, 0) is 4.74 Å². The number of rotatable bonds is 4. The first-order valence-corrected chi connectivity index (χ1v) is 7.88. The molecule has 0 amide bonds. The minimum absolute atomic E-state index is 0.176. The van der Waals surface area contributed by atoms with Gasteiger partial charge in [0, 0.05) is 32.2 Å². The van der Waals surface area contributed by atoms with Gasteiger partial charge in [-0.25, -0.2) is 0 Å². The summed E-state index contributed by atoms with van der Waals surface area (Å²) in [6.07, 6.45) is 5.47. The van der Waals surface area contributed by atoms with Gasteiger partial charge in [-0.05, 0) is 39.3 Å². The number of likely N-dealkylation sites (tertiary alicyclic amines) is 2. The molecule has 0 saturated carbocycles. The van der Waals surface area contributed by atoms with Crippen molar-refractivity contribution >= 4 is 0 Å². The lowest BCUT2D eigenvalue weighted by atomic mass is 9.87. The van der Waals surface area contributed by atoms with Crippen LogP contribution >= 0.6 is 0 Å². The van der Waals surface area contributed by atoms with E-state index in [2.05, 4.69) is 30.8 Å². The van der Waals surface area contributed by atoms with E-state index in [0.717, 1.165) is 39.0 Å². The van der Waals surface area contributed by atoms with Crippen molar-refractivity contribution in [2.75, 3.05) is 40.3 Å². The minimum atomic E-state index is 0.176. The van der Waals surface area contributed by atoms with Gasteiger partial charge in [-0.15, -0.1) is 0 Å². The lowest BCUT2D eigenvalue weighted by molar-refractivity contribution is -0.0984. The van der Waals surface area contributed by atoms with Gasteiger partial charge in [0.05, 0.1) is 12.2 Å². The highest BCUT2D eigenvalue weighted by Gasteiger charge is 2.35. The molecular weight excluding hydrogens is 238 g/mol. The number of piperidine rings is 2. The molecule has 0 aliphatic carbocycles. The molecule has 2 aliphatic rings. The molecule has 2 saturated heterocycles. The maximum absolute atomic E-state index is 6.43. The quantitative estimate of drug-likeness (QED) is 0.831. The Hall–Kier alpha value is -0.160. The van der Waals surface area contributed by atoms with Crippen molar-refractivity contribution in [1.82, 2.24) is 9.80 Å². The van der Waals surface area contributed by atoms with Crippen LogP contribution in [0.15, 0.2) is 0 Å². The van der Waals surface area contributed by atoms with Crippen LogP contribution in [0.3, 0.4) is 0 Å². The highest BCUT2D eigenvalue weighted by atomic mass is 16.5. The van der Waals surface area contributed by atoms with Crippen LogP contribution in [0.5, 0.6) is 0 Å². The lowest BCUT2D eigenvalue weighted by Crippen LogP contribution is -2.57. The number of nitrogens with zero attached hydrogens (tertiary/aromatic N) is 2. The largest absolute Gasteiger partial charge is 0.373 e. The van der Waals surface area contributed by atoms with E-state index < -0.39 is 0 Å². The van der Waals surface area contributed by atoms with Gasteiger partial charge in [-0.1, -0.05) is 13.3 Å². The summed E-state index contributed by atoms with van der Waals surface area (Å²) in [4.78, 5) is 4.75. The summed E-state index contributed by atoms with van der Waals surface area (Å²) in [7, 11) is 4.37. The number of likely N-dealkylation sites (N-methyl/N-ethyl adjacent to an activating group) is 1. The fourth-order valence-electron chi connectivity index (χ4n) is 3.57. The van der Waals surface area contributed by atoms with Gasteiger partial charge in [-0.2, -0.15) is 0 Å². The van der Waals surface area contributed by atoms with Crippen LogP contribution in [0, 0.1) is 5.92 Å². The van der Waals surface area contributed by atoms with E-state index >= 15 is 0 Å². The molecule has 3 unspecified atom stereocenters. The molecule has 2 fully saturated rings. The molecule has 4 nitrogen and oxygen atoms in total. The fraction of sp³-hybridized carbons (Fsp3) is 1.00. The molecule has 2 N–H and O–H groups in total. The van der Waals surface area contributed by atoms with Gasteiger partial charge in [0.1, 0.15) is 0 Å². The first kappa shape index (κ1) is 15.2. The maximum atomic E-state index is 6.43. The number of hydrogen-bond donors (Lipinski definition) is 1. The van der Waals surface area contributed by atoms with Crippen LogP contribution in [0.1, 0.15) is 32.6 Å². The van der Waals surface area contributed by atoms with E-state index in [-0.39, 0.29) is 12.1 Å². The molecule has 0 aromatic heterocycles. The standard InChI is InChI=1S/C15H31N3O/c1-4-5-12-10-18(3)11-14(16)15(12)19-13-6-8-17(2)9-7-13/h12-15H,4-11,16H2,1-3H3. The molecule has 0 radical (unpaired) electrons. The van der Waals surface area contributed by atoms with E-state index in [1.165, 1.54) is 12.8 Å². The third-order valence-electron chi connectivity index (χ3n) is 4.63. The highest BCUT2D eigenvalue weighted by Crippen LogP contribution is 2.26. The Balaban J connectivity index is 1.91. The molecule has 0 spiro atoms. The van der Waals surface area contributed by atoms with Crippen LogP contribution in [-0.4, -0.2) is 68.3 Å². The zero-order chi connectivity index (χ0) is 13.8. The van der Waals surface area contributed by atoms with Crippen LogP contribution in [0.4, 0.5) is 0 Å². The van der Waals surface area contributed by atoms with Crippen molar-refractivity contribution in [3.63, 3.8) is 0 Å². The molecule has 0 aromatic rings. The van der Waals surface area contributed by atoms with E-state index in [0.29, 0.717) is 12.0 Å². The Morgan fingerprint density at radius 1 is 1.11 bits per heavy atom. The molecule has 2 heterocycles. The second-order valence-corrected chi connectivity index (χ2v) is 6.54. The van der Waals surface area contributed by atoms with Crippen molar-refractivity contribution < 1.29 is 4.74 Å². The lowest BCUT2D eigenvalue weighted by Gasteiger charge is -2.43. The summed E-state index contributed by atoms with van der Waals surface area (Å²) in [5, 5.41) is 0. The Morgan fingerprint density at radius 2 is 1.79 bits per heavy atom. The van der Waals surface area contributed by atoms with E-state index in [4.69, 9.17) is 10.5 Å². The van der Waals surface area contributed by atoms with Crippen LogP contribution in [0.25, 0.3) is 0 Å². The summed E-state index contributed by atoms with van der Waals surface area (Å²) < 4.78 is 6.43. The SMILES string of the molecule is CCCC1CN(C)CC(N)C1OC1CCN(C)CC1. The number of hydrogen-bond acceptors (Lipinski definition) is 4. The average Bonchev–Trinajstić information content (AvgIpc) is 2.36. The topological polar surface area (TPSA) is 41.7 Å². The summed E-state index contributed by atoms with van der Waals surface area (Å²) in [5.74, 6) is 0.610. The second-order valence-electron chi connectivity index (χ2n) is 6.54. The van der Waals surface area contributed by atoms with Gasteiger partial charge in [0.25, 0.3) is 0 Å². The Bertz CT molecular complexity index is 266. The molecule has 2 rings (SSSR count). The van der Waals surface area contributed by atoms with Gasteiger partial charge < -0.3 is 20.3 Å². The van der Waals surface area contributed by atoms with E-state index in [9.17, 15) is 0 Å². The third-order valence-corrected chi connectivity index (χ3v) is 4.63. The van der Waals surface area contributed by atoms with Crippen molar-refractivity contribution in [2.24, 2.45) is 11.7 Å². The maximum Gasteiger partial charge on any atom is 0.0782 e. The molecule has 0 aromatic carbocycles.